The third kappa shape index (κ3) is 5.42. The molecule has 1 atom stereocenters. The third-order valence-electron chi connectivity index (χ3n) is 2.48. The highest BCUT2D eigenvalue weighted by Gasteiger charge is 2.15. The van der Waals surface area contributed by atoms with Gasteiger partial charge in [0, 0.05) is 16.6 Å². The van der Waals surface area contributed by atoms with Gasteiger partial charge < -0.3 is 14.8 Å². The minimum Gasteiger partial charge on any atom is -0.465 e. The standard InChI is InChI=1S/C13H16BrF2NO3/c1-3-19-12(18)8(2)17-7-9-6-10(14)4-5-11(9)20-13(15)16/h4-6,8,13,17H,3,7H2,1-2H3. The van der Waals surface area contributed by atoms with Crippen LogP contribution in [0.4, 0.5) is 8.78 Å². The van der Waals surface area contributed by atoms with Gasteiger partial charge in [0.25, 0.3) is 0 Å². The summed E-state index contributed by atoms with van der Waals surface area (Å²) in [5, 5.41) is 2.90. The minimum absolute atomic E-state index is 0.0757. The molecule has 0 heterocycles. The van der Waals surface area contributed by atoms with Crippen molar-refractivity contribution in [2.24, 2.45) is 0 Å². The van der Waals surface area contributed by atoms with Crippen LogP contribution in [0.25, 0.3) is 0 Å². The average Bonchev–Trinajstić information content (AvgIpc) is 2.38. The molecule has 1 aromatic carbocycles. The van der Waals surface area contributed by atoms with E-state index in [0.717, 1.165) is 4.47 Å². The van der Waals surface area contributed by atoms with Crippen molar-refractivity contribution in [3.05, 3.63) is 28.2 Å². The summed E-state index contributed by atoms with van der Waals surface area (Å²) >= 11 is 3.26. The molecular formula is C13H16BrF2NO3. The predicted molar refractivity (Wildman–Crippen MR) is 73.7 cm³/mol. The number of rotatable bonds is 7. The van der Waals surface area contributed by atoms with E-state index in [1.807, 2.05) is 0 Å². The van der Waals surface area contributed by atoms with Crippen LogP contribution >= 0.6 is 15.9 Å². The Bertz CT molecular complexity index is 457. The Labute approximate surface area is 124 Å². The molecule has 7 heteroatoms. The zero-order valence-electron chi connectivity index (χ0n) is 11.2. The van der Waals surface area contributed by atoms with Crippen LogP contribution in [0, 0.1) is 0 Å². The van der Waals surface area contributed by atoms with Crippen molar-refractivity contribution in [3.63, 3.8) is 0 Å². The number of benzene rings is 1. The first-order valence-electron chi connectivity index (χ1n) is 6.07. The molecule has 112 valence electrons. The predicted octanol–water partition coefficient (Wildman–Crippen LogP) is 3.09. The summed E-state index contributed by atoms with van der Waals surface area (Å²) in [6, 6.07) is 4.18. The molecule has 0 saturated heterocycles. The first kappa shape index (κ1) is 16.8. The van der Waals surface area contributed by atoms with Crippen molar-refractivity contribution in [1.82, 2.24) is 5.32 Å². The van der Waals surface area contributed by atoms with Gasteiger partial charge in [0.05, 0.1) is 6.61 Å². The summed E-state index contributed by atoms with van der Waals surface area (Å²) in [6.07, 6.45) is 0. The summed E-state index contributed by atoms with van der Waals surface area (Å²) in [6.45, 7) is 0.970. The number of carbonyl (C=O) groups excluding carboxylic acids is 1. The lowest BCUT2D eigenvalue weighted by atomic mass is 10.2. The zero-order chi connectivity index (χ0) is 15.1. The maximum atomic E-state index is 12.3. The highest BCUT2D eigenvalue weighted by atomic mass is 79.9. The van der Waals surface area contributed by atoms with Crippen LogP contribution in [-0.2, 0) is 16.1 Å². The van der Waals surface area contributed by atoms with Gasteiger partial charge >= 0.3 is 12.6 Å². The topological polar surface area (TPSA) is 47.6 Å². The van der Waals surface area contributed by atoms with E-state index in [1.165, 1.54) is 6.07 Å². The van der Waals surface area contributed by atoms with Gasteiger partial charge in [-0.25, -0.2) is 0 Å². The Morgan fingerprint density at radius 2 is 2.15 bits per heavy atom. The first-order chi connectivity index (χ1) is 9.43. The Balaban J connectivity index is 2.70. The van der Waals surface area contributed by atoms with E-state index in [0.29, 0.717) is 12.2 Å². The zero-order valence-corrected chi connectivity index (χ0v) is 12.7. The molecule has 1 N–H and O–H groups in total. The molecule has 0 aliphatic heterocycles. The van der Waals surface area contributed by atoms with Crippen molar-refractivity contribution in [1.29, 1.82) is 0 Å². The molecule has 0 bridgehead atoms. The van der Waals surface area contributed by atoms with Crippen LogP contribution < -0.4 is 10.1 Å². The Morgan fingerprint density at radius 1 is 1.45 bits per heavy atom. The van der Waals surface area contributed by atoms with Gasteiger partial charge in [-0.3, -0.25) is 4.79 Å². The lowest BCUT2D eigenvalue weighted by molar-refractivity contribution is -0.145. The van der Waals surface area contributed by atoms with Crippen LogP contribution in [0.3, 0.4) is 0 Å². The third-order valence-corrected chi connectivity index (χ3v) is 2.97. The molecule has 0 amide bonds. The van der Waals surface area contributed by atoms with E-state index < -0.39 is 12.7 Å². The van der Waals surface area contributed by atoms with Gasteiger partial charge in [-0.2, -0.15) is 8.78 Å². The van der Waals surface area contributed by atoms with Gasteiger partial charge in [0.2, 0.25) is 0 Å². The molecular weight excluding hydrogens is 336 g/mol. The van der Waals surface area contributed by atoms with Crippen LogP contribution in [-0.4, -0.2) is 25.2 Å². The van der Waals surface area contributed by atoms with Crippen LogP contribution in [0.1, 0.15) is 19.4 Å². The molecule has 1 aromatic rings. The summed E-state index contributed by atoms with van der Waals surface area (Å²) in [5.41, 5.74) is 0.524. The minimum atomic E-state index is -2.89. The van der Waals surface area contributed by atoms with Gasteiger partial charge in [0.15, 0.2) is 0 Å². The summed E-state index contributed by atoms with van der Waals surface area (Å²) in [4.78, 5) is 11.4. The number of alkyl halides is 2. The van der Waals surface area contributed by atoms with Crippen molar-refractivity contribution in [2.75, 3.05) is 6.61 Å². The molecule has 4 nitrogen and oxygen atoms in total. The van der Waals surface area contributed by atoms with E-state index in [2.05, 4.69) is 26.0 Å². The van der Waals surface area contributed by atoms with E-state index in [-0.39, 0.29) is 18.3 Å². The molecule has 0 aliphatic carbocycles. The number of nitrogens with one attached hydrogen (secondary N) is 1. The van der Waals surface area contributed by atoms with Gasteiger partial charge in [0.1, 0.15) is 11.8 Å². The lowest BCUT2D eigenvalue weighted by Crippen LogP contribution is -2.35. The molecule has 0 fully saturated rings. The molecule has 1 rings (SSSR count). The number of halogens is 3. The van der Waals surface area contributed by atoms with Gasteiger partial charge in [-0.15, -0.1) is 0 Å². The number of hydrogen-bond donors (Lipinski definition) is 1. The van der Waals surface area contributed by atoms with E-state index in [9.17, 15) is 13.6 Å². The van der Waals surface area contributed by atoms with Gasteiger partial charge in [-0.1, -0.05) is 15.9 Å². The Kier molecular flexibility index (Phi) is 6.87. The molecule has 0 radical (unpaired) electrons. The van der Waals surface area contributed by atoms with Crippen LogP contribution in [0.5, 0.6) is 5.75 Å². The van der Waals surface area contributed by atoms with Crippen molar-refractivity contribution in [3.8, 4) is 5.75 Å². The second-order valence-corrected chi connectivity index (χ2v) is 4.90. The summed E-state index contributed by atoms with van der Waals surface area (Å²) in [5.74, 6) is -0.314. The fourth-order valence-electron chi connectivity index (χ4n) is 1.51. The fourth-order valence-corrected chi connectivity index (χ4v) is 1.92. The molecule has 20 heavy (non-hydrogen) atoms. The number of ether oxygens (including phenoxy) is 2. The number of esters is 1. The molecule has 0 aliphatic rings. The molecule has 0 aromatic heterocycles. The number of carbonyl (C=O) groups is 1. The monoisotopic (exact) mass is 351 g/mol. The Hall–Kier alpha value is -1.21. The average molecular weight is 352 g/mol. The summed E-state index contributed by atoms with van der Waals surface area (Å²) in [7, 11) is 0. The SMILES string of the molecule is CCOC(=O)C(C)NCc1cc(Br)ccc1OC(F)F. The van der Waals surface area contributed by atoms with Crippen LogP contribution in [0.2, 0.25) is 0 Å². The largest absolute Gasteiger partial charge is 0.465 e. The molecule has 0 spiro atoms. The quantitative estimate of drug-likeness (QED) is 0.767. The molecule has 0 saturated carbocycles. The van der Waals surface area contributed by atoms with E-state index >= 15 is 0 Å². The lowest BCUT2D eigenvalue weighted by Gasteiger charge is -2.15. The van der Waals surface area contributed by atoms with E-state index in [4.69, 9.17) is 4.74 Å². The maximum Gasteiger partial charge on any atom is 0.387 e. The van der Waals surface area contributed by atoms with Crippen LogP contribution in [0.15, 0.2) is 22.7 Å². The smallest absolute Gasteiger partial charge is 0.387 e. The van der Waals surface area contributed by atoms with Crippen molar-refractivity contribution in [2.45, 2.75) is 33.0 Å². The fraction of sp³-hybridized carbons (Fsp3) is 0.462. The van der Waals surface area contributed by atoms with Crippen molar-refractivity contribution < 1.29 is 23.0 Å². The number of hydrogen-bond acceptors (Lipinski definition) is 4. The first-order valence-corrected chi connectivity index (χ1v) is 6.86. The Morgan fingerprint density at radius 3 is 2.75 bits per heavy atom. The molecule has 1 unspecified atom stereocenters. The second kappa shape index (κ2) is 8.16. The normalized spacial score (nSPS) is 12.3. The summed E-state index contributed by atoms with van der Waals surface area (Å²) < 4.78 is 34.6. The highest BCUT2D eigenvalue weighted by Crippen LogP contribution is 2.24. The maximum absolute atomic E-state index is 12.3. The highest BCUT2D eigenvalue weighted by molar-refractivity contribution is 9.10. The second-order valence-electron chi connectivity index (χ2n) is 3.99. The van der Waals surface area contributed by atoms with Gasteiger partial charge in [-0.05, 0) is 32.0 Å². The van der Waals surface area contributed by atoms with E-state index in [1.54, 1.807) is 26.0 Å². The van der Waals surface area contributed by atoms with Crippen molar-refractivity contribution >= 4 is 21.9 Å².